The summed E-state index contributed by atoms with van der Waals surface area (Å²) in [6.45, 7) is 5.01. The standard InChI is InChI=1S/C15H17IN4O4S/c1-6(2)24-15(23)9-7(3)11(12(17)21)25-14(9)18-13(22)10-8(16)5-20(4)19-10/h5-6H,1-4H3,(H2,17,21)(H,18,22). The van der Waals surface area contributed by atoms with Gasteiger partial charge in [0.2, 0.25) is 0 Å². The Kier molecular flexibility index (Phi) is 5.83. The zero-order valence-corrected chi connectivity index (χ0v) is 17.0. The van der Waals surface area contributed by atoms with Gasteiger partial charge >= 0.3 is 5.97 Å². The van der Waals surface area contributed by atoms with Crippen LogP contribution in [0.4, 0.5) is 5.00 Å². The van der Waals surface area contributed by atoms with Crippen LogP contribution in [0.5, 0.6) is 0 Å². The van der Waals surface area contributed by atoms with Crippen molar-refractivity contribution in [3.8, 4) is 0 Å². The van der Waals surface area contributed by atoms with E-state index in [1.54, 1.807) is 34.0 Å². The highest BCUT2D eigenvalue weighted by molar-refractivity contribution is 14.1. The number of thiophene rings is 1. The van der Waals surface area contributed by atoms with E-state index in [1.165, 1.54) is 4.68 Å². The minimum absolute atomic E-state index is 0.131. The van der Waals surface area contributed by atoms with Crippen LogP contribution in [0.2, 0.25) is 0 Å². The molecule has 2 amide bonds. The highest BCUT2D eigenvalue weighted by Gasteiger charge is 2.27. The summed E-state index contributed by atoms with van der Waals surface area (Å²) < 4.78 is 7.38. The lowest BCUT2D eigenvalue weighted by atomic mass is 10.1. The first-order valence-corrected chi connectivity index (χ1v) is 9.16. The maximum atomic E-state index is 12.5. The Bertz CT molecular complexity index is 856. The number of rotatable bonds is 5. The van der Waals surface area contributed by atoms with Crippen LogP contribution in [0, 0.1) is 10.5 Å². The Morgan fingerprint density at radius 1 is 1.40 bits per heavy atom. The van der Waals surface area contributed by atoms with Gasteiger partial charge < -0.3 is 15.8 Å². The van der Waals surface area contributed by atoms with E-state index in [2.05, 4.69) is 10.4 Å². The molecule has 3 N–H and O–H groups in total. The quantitative estimate of drug-likeness (QED) is 0.508. The first kappa shape index (κ1) is 19.4. The highest BCUT2D eigenvalue weighted by atomic mass is 127. The third kappa shape index (κ3) is 4.18. The number of esters is 1. The molecule has 2 aromatic heterocycles. The average Bonchev–Trinajstić information content (AvgIpc) is 2.97. The van der Waals surface area contributed by atoms with Gasteiger partial charge in [-0.25, -0.2) is 4.79 Å². The van der Waals surface area contributed by atoms with Crippen LogP contribution in [0.1, 0.15) is 49.9 Å². The van der Waals surface area contributed by atoms with Crippen LogP contribution in [0.15, 0.2) is 6.20 Å². The van der Waals surface area contributed by atoms with E-state index in [0.29, 0.717) is 9.13 Å². The Balaban J connectivity index is 2.43. The minimum atomic E-state index is -0.672. The largest absolute Gasteiger partial charge is 0.459 e. The topological polar surface area (TPSA) is 116 Å². The Morgan fingerprint density at radius 3 is 2.52 bits per heavy atom. The van der Waals surface area contributed by atoms with E-state index in [9.17, 15) is 14.4 Å². The fourth-order valence-electron chi connectivity index (χ4n) is 2.13. The van der Waals surface area contributed by atoms with Crippen molar-refractivity contribution in [2.45, 2.75) is 26.9 Å². The summed E-state index contributed by atoms with van der Waals surface area (Å²) in [5.41, 5.74) is 6.09. The summed E-state index contributed by atoms with van der Waals surface area (Å²) in [6, 6.07) is 0. The van der Waals surface area contributed by atoms with E-state index in [1.807, 2.05) is 22.6 Å². The fourth-order valence-corrected chi connectivity index (χ4v) is 3.93. The monoisotopic (exact) mass is 476 g/mol. The average molecular weight is 476 g/mol. The first-order valence-electron chi connectivity index (χ1n) is 7.26. The number of carbonyl (C=O) groups is 3. The number of nitrogens with one attached hydrogen (secondary N) is 1. The summed E-state index contributed by atoms with van der Waals surface area (Å²) in [5, 5.41) is 6.94. The molecule has 10 heteroatoms. The molecule has 0 spiro atoms. The zero-order valence-electron chi connectivity index (χ0n) is 14.0. The van der Waals surface area contributed by atoms with E-state index in [0.717, 1.165) is 11.3 Å². The van der Waals surface area contributed by atoms with E-state index in [-0.39, 0.29) is 27.2 Å². The van der Waals surface area contributed by atoms with Gasteiger partial charge in [0.05, 0.1) is 20.1 Å². The van der Waals surface area contributed by atoms with Gasteiger partial charge in [0.1, 0.15) is 5.00 Å². The number of amides is 2. The van der Waals surface area contributed by atoms with Gasteiger partial charge in [-0.3, -0.25) is 14.3 Å². The van der Waals surface area contributed by atoms with Gasteiger partial charge in [0.15, 0.2) is 5.69 Å². The van der Waals surface area contributed by atoms with Crippen molar-refractivity contribution in [2.24, 2.45) is 12.8 Å². The van der Waals surface area contributed by atoms with Gasteiger partial charge in [-0.05, 0) is 48.9 Å². The van der Waals surface area contributed by atoms with Crippen molar-refractivity contribution in [3.63, 3.8) is 0 Å². The predicted molar refractivity (Wildman–Crippen MR) is 102 cm³/mol. The van der Waals surface area contributed by atoms with Crippen LogP contribution in [-0.2, 0) is 11.8 Å². The maximum absolute atomic E-state index is 12.5. The lowest BCUT2D eigenvalue weighted by molar-refractivity contribution is 0.0379. The molecule has 0 bridgehead atoms. The number of nitrogens with zero attached hydrogens (tertiary/aromatic N) is 2. The Morgan fingerprint density at radius 2 is 2.04 bits per heavy atom. The predicted octanol–water partition coefficient (Wildman–Crippen LogP) is 2.31. The van der Waals surface area contributed by atoms with E-state index >= 15 is 0 Å². The molecule has 0 saturated carbocycles. The lowest BCUT2D eigenvalue weighted by Crippen LogP contribution is -2.18. The molecule has 0 saturated heterocycles. The van der Waals surface area contributed by atoms with E-state index < -0.39 is 17.8 Å². The molecule has 0 aliphatic rings. The number of hydrogen-bond acceptors (Lipinski definition) is 6. The molecule has 8 nitrogen and oxygen atoms in total. The number of ether oxygens (including phenoxy) is 1. The van der Waals surface area contributed by atoms with Crippen molar-refractivity contribution >= 4 is 56.7 Å². The molecule has 0 aromatic carbocycles. The van der Waals surface area contributed by atoms with Crippen LogP contribution >= 0.6 is 33.9 Å². The molecule has 0 aliphatic heterocycles. The number of carbonyl (C=O) groups excluding carboxylic acids is 3. The number of anilines is 1. The highest BCUT2D eigenvalue weighted by Crippen LogP contribution is 2.34. The molecule has 0 fully saturated rings. The van der Waals surface area contributed by atoms with Crippen LogP contribution in [0.25, 0.3) is 0 Å². The van der Waals surface area contributed by atoms with Crippen LogP contribution in [-0.4, -0.2) is 33.7 Å². The van der Waals surface area contributed by atoms with Crippen molar-refractivity contribution < 1.29 is 19.1 Å². The maximum Gasteiger partial charge on any atom is 0.341 e. The molecule has 134 valence electrons. The number of hydrogen-bond donors (Lipinski definition) is 2. The summed E-state index contributed by atoms with van der Waals surface area (Å²) in [7, 11) is 1.70. The van der Waals surface area contributed by atoms with Crippen LogP contribution in [0.3, 0.4) is 0 Å². The molecular weight excluding hydrogens is 459 g/mol. The summed E-state index contributed by atoms with van der Waals surface area (Å²) in [6.07, 6.45) is 1.35. The van der Waals surface area contributed by atoms with Crippen molar-refractivity contribution in [1.82, 2.24) is 9.78 Å². The minimum Gasteiger partial charge on any atom is -0.459 e. The first-order chi connectivity index (χ1) is 11.6. The molecule has 2 rings (SSSR count). The van der Waals surface area contributed by atoms with Gasteiger partial charge in [0.25, 0.3) is 11.8 Å². The molecule has 25 heavy (non-hydrogen) atoms. The molecule has 0 radical (unpaired) electrons. The SMILES string of the molecule is Cc1c(C(N)=O)sc(NC(=O)c2nn(C)cc2I)c1C(=O)OC(C)C. The molecule has 0 atom stereocenters. The normalized spacial score (nSPS) is 10.8. The Hall–Kier alpha value is -1.95. The summed E-state index contributed by atoms with van der Waals surface area (Å²) in [4.78, 5) is 36.7. The third-order valence-corrected chi connectivity index (χ3v) is 5.15. The zero-order chi connectivity index (χ0) is 18.9. The number of aromatic nitrogens is 2. The third-order valence-electron chi connectivity index (χ3n) is 3.14. The van der Waals surface area contributed by atoms with Crippen LogP contribution < -0.4 is 11.1 Å². The second kappa shape index (κ2) is 7.52. The molecule has 2 aromatic rings. The summed E-state index contributed by atoms with van der Waals surface area (Å²) in [5.74, 6) is -1.78. The number of nitrogens with two attached hydrogens (primary N) is 1. The smallest absolute Gasteiger partial charge is 0.341 e. The lowest BCUT2D eigenvalue weighted by Gasteiger charge is -2.10. The van der Waals surface area contributed by atoms with Gasteiger partial charge in [0, 0.05) is 13.2 Å². The second-order valence-electron chi connectivity index (χ2n) is 5.53. The van der Waals surface area contributed by atoms with Crippen molar-refractivity contribution in [1.29, 1.82) is 0 Å². The number of aryl methyl sites for hydroxylation is 1. The fraction of sp³-hybridized carbons (Fsp3) is 0.333. The molecule has 0 aliphatic carbocycles. The van der Waals surface area contributed by atoms with E-state index in [4.69, 9.17) is 10.5 Å². The van der Waals surface area contributed by atoms with Crippen molar-refractivity contribution in [3.05, 3.63) is 31.5 Å². The van der Waals surface area contributed by atoms with Crippen molar-refractivity contribution in [2.75, 3.05) is 5.32 Å². The summed E-state index contributed by atoms with van der Waals surface area (Å²) >= 11 is 2.93. The second-order valence-corrected chi connectivity index (χ2v) is 7.71. The number of halogens is 1. The van der Waals surface area contributed by atoms with Gasteiger partial charge in [-0.15, -0.1) is 11.3 Å². The van der Waals surface area contributed by atoms with Gasteiger partial charge in [-0.2, -0.15) is 5.10 Å². The molecule has 2 heterocycles. The molecule has 0 unspecified atom stereocenters. The Labute approximate surface area is 161 Å². The molecular formula is C15H17IN4O4S. The van der Waals surface area contributed by atoms with Gasteiger partial charge in [-0.1, -0.05) is 0 Å². The number of primary amides is 1.